The minimum Gasteiger partial charge on any atom is -0.265 e. The van der Waals surface area contributed by atoms with Crippen molar-refractivity contribution in [3.05, 3.63) is 63.9 Å². The molecule has 0 bridgehead atoms. The Morgan fingerprint density at radius 1 is 1.04 bits per heavy atom. The van der Waals surface area contributed by atoms with Crippen LogP contribution in [0, 0.1) is 0 Å². The quantitative estimate of drug-likeness (QED) is 0.505. The van der Waals surface area contributed by atoms with E-state index >= 15 is 0 Å². The van der Waals surface area contributed by atoms with E-state index in [0.29, 0.717) is 33.8 Å². The molecule has 0 N–H and O–H groups in total. The van der Waals surface area contributed by atoms with E-state index in [1.807, 2.05) is 12.3 Å². The van der Waals surface area contributed by atoms with E-state index < -0.39 is 0 Å². The van der Waals surface area contributed by atoms with Crippen LogP contribution in [0.25, 0.3) is 16.9 Å². The van der Waals surface area contributed by atoms with Gasteiger partial charge in [0.25, 0.3) is 0 Å². The molecular weight excluding hydrogens is 371 g/mol. The first kappa shape index (κ1) is 15.4. The van der Waals surface area contributed by atoms with Gasteiger partial charge in [-0.05, 0) is 35.9 Å². The van der Waals surface area contributed by atoms with Crippen molar-refractivity contribution in [1.29, 1.82) is 0 Å². The van der Waals surface area contributed by atoms with Crippen molar-refractivity contribution in [2.75, 3.05) is 0 Å². The second kappa shape index (κ2) is 6.05. The zero-order chi connectivity index (χ0) is 16.7. The molecule has 0 atom stereocenters. The Bertz CT molecular complexity index is 1030. The van der Waals surface area contributed by atoms with Gasteiger partial charge >= 0.3 is 0 Å². The normalized spacial score (nSPS) is 11.3. The molecule has 0 saturated carbocycles. The number of fused-ring (bicyclic) bond motifs is 1. The molecule has 6 nitrogen and oxygen atoms in total. The summed E-state index contributed by atoms with van der Waals surface area (Å²) >= 11 is 18.4. The highest BCUT2D eigenvalue weighted by atomic mass is 35.5. The van der Waals surface area contributed by atoms with Crippen LogP contribution in [0.3, 0.4) is 0 Å². The van der Waals surface area contributed by atoms with Crippen molar-refractivity contribution >= 4 is 40.4 Å². The molecule has 4 rings (SSSR count). The molecule has 3 heterocycles. The van der Waals surface area contributed by atoms with Crippen molar-refractivity contribution in [3.63, 3.8) is 0 Å². The van der Waals surface area contributed by atoms with Crippen LogP contribution in [0.2, 0.25) is 15.3 Å². The topological polar surface area (TPSA) is 60.9 Å². The lowest BCUT2D eigenvalue weighted by Gasteiger charge is -2.05. The molecule has 0 fully saturated rings. The Morgan fingerprint density at radius 3 is 2.67 bits per heavy atom. The van der Waals surface area contributed by atoms with Gasteiger partial charge in [-0.3, -0.25) is 4.68 Å². The summed E-state index contributed by atoms with van der Waals surface area (Å²) in [5.41, 5.74) is 1.91. The standard InChI is InChI=1S/C15H9Cl3N6/c16-9-2-3-10(11(17)6-9)12-7-14-21-13(8-23-5-1-4-19-23)22-24(14)15(18)20-12/h1-7H,8H2. The summed E-state index contributed by atoms with van der Waals surface area (Å²) in [6, 6.07) is 8.81. The van der Waals surface area contributed by atoms with Crippen LogP contribution in [0.4, 0.5) is 0 Å². The largest absolute Gasteiger partial charge is 0.265 e. The molecule has 9 heteroatoms. The molecule has 3 aromatic heterocycles. The Hall–Kier alpha value is -2.15. The minimum atomic E-state index is 0.202. The first-order valence-electron chi connectivity index (χ1n) is 6.95. The molecule has 0 amide bonds. The van der Waals surface area contributed by atoms with Gasteiger partial charge in [-0.2, -0.15) is 9.61 Å². The molecule has 120 valence electrons. The van der Waals surface area contributed by atoms with Gasteiger partial charge in [-0.15, -0.1) is 5.10 Å². The third-order valence-corrected chi connectivity index (χ3v) is 4.19. The van der Waals surface area contributed by atoms with Crippen LogP contribution in [0.1, 0.15) is 5.82 Å². The number of hydrogen-bond donors (Lipinski definition) is 0. The summed E-state index contributed by atoms with van der Waals surface area (Å²) in [7, 11) is 0. The summed E-state index contributed by atoms with van der Waals surface area (Å²) in [6.45, 7) is 0.446. The molecule has 0 aliphatic heterocycles. The van der Waals surface area contributed by atoms with E-state index in [2.05, 4.69) is 20.2 Å². The molecule has 0 unspecified atom stereocenters. The summed E-state index contributed by atoms with van der Waals surface area (Å²) in [5, 5.41) is 9.74. The van der Waals surface area contributed by atoms with Crippen molar-refractivity contribution in [2.45, 2.75) is 6.54 Å². The molecule has 24 heavy (non-hydrogen) atoms. The third kappa shape index (κ3) is 2.84. The fourth-order valence-electron chi connectivity index (χ4n) is 2.34. The van der Waals surface area contributed by atoms with Gasteiger partial charge in [-0.1, -0.05) is 23.2 Å². The highest BCUT2D eigenvalue weighted by molar-refractivity contribution is 6.36. The number of aromatic nitrogens is 6. The number of nitrogens with zero attached hydrogens (tertiary/aromatic N) is 6. The van der Waals surface area contributed by atoms with Gasteiger partial charge in [0.1, 0.15) is 6.54 Å². The molecule has 0 aliphatic rings. The Labute approximate surface area is 151 Å². The molecule has 1 aromatic carbocycles. The van der Waals surface area contributed by atoms with Gasteiger partial charge in [-0.25, -0.2) is 9.97 Å². The van der Waals surface area contributed by atoms with Crippen LogP contribution < -0.4 is 0 Å². The van der Waals surface area contributed by atoms with Gasteiger partial charge in [0, 0.05) is 29.0 Å². The van der Waals surface area contributed by atoms with Gasteiger partial charge < -0.3 is 0 Å². The molecular formula is C15H9Cl3N6. The average molecular weight is 380 g/mol. The Kier molecular flexibility index (Phi) is 3.88. The summed E-state index contributed by atoms with van der Waals surface area (Å²) in [5.74, 6) is 0.585. The van der Waals surface area contributed by atoms with Gasteiger partial charge in [0.15, 0.2) is 11.5 Å². The van der Waals surface area contributed by atoms with E-state index in [1.165, 1.54) is 4.52 Å². The highest BCUT2D eigenvalue weighted by Crippen LogP contribution is 2.30. The second-order valence-electron chi connectivity index (χ2n) is 5.04. The average Bonchev–Trinajstić information content (AvgIpc) is 3.17. The predicted octanol–water partition coefficient (Wildman–Crippen LogP) is 4.00. The second-order valence-corrected chi connectivity index (χ2v) is 6.22. The summed E-state index contributed by atoms with van der Waals surface area (Å²) in [4.78, 5) is 8.83. The first-order valence-corrected chi connectivity index (χ1v) is 8.08. The van der Waals surface area contributed by atoms with E-state index in [0.717, 1.165) is 5.56 Å². The summed E-state index contributed by atoms with van der Waals surface area (Å²) < 4.78 is 3.21. The van der Waals surface area contributed by atoms with Crippen LogP contribution in [-0.2, 0) is 6.54 Å². The number of halogens is 3. The van der Waals surface area contributed by atoms with Crippen molar-refractivity contribution in [2.24, 2.45) is 0 Å². The maximum absolute atomic E-state index is 6.25. The third-order valence-electron chi connectivity index (χ3n) is 3.40. The monoisotopic (exact) mass is 378 g/mol. The van der Waals surface area contributed by atoms with Crippen LogP contribution in [0.15, 0.2) is 42.7 Å². The van der Waals surface area contributed by atoms with Crippen molar-refractivity contribution in [3.8, 4) is 11.3 Å². The lowest BCUT2D eigenvalue weighted by atomic mass is 10.1. The van der Waals surface area contributed by atoms with Crippen LogP contribution >= 0.6 is 34.8 Å². The minimum absolute atomic E-state index is 0.202. The van der Waals surface area contributed by atoms with Gasteiger partial charge in [0.2, 0.25) is 5.28 Å². The zero-order valence-electron chi connectivity index (χ0n) is 12.1. The Balaban J connectivity index is 1.79. The van der Waals surface area contributed by atoms with Crippen LogP contribution in [0.5, 0.6) is 0 Å². The number of rotatable bonds is 3. The lowest BCUT2D eigenvalue weighted by Crippen LogP contribution is -2.02. The fourth-order valence-corrected chi connectivity index (χ4v) is 3.06. The molecule has 0 spiro atoms. The SMILES string of the molecule is Clc1ccc(-c2cc3nc(Cn4cccn4)nn3c(Cl)n2)c(Cl)c1. The van der Waals surface area contributed by atoms with E-state index in [9.17, 15) is 0 Å². The Morgan fingerprint density at radius 2 is 1.92 bits per heavy atom. The number of benzene rings is 1. The van der Waals surface area contributed by atoms with Crippen LogP contribution in [-0.4, -0.2) is 29.4 Å². The summed E-state index contributed by atoms with van der Waals surface area (Å²) in [6.07, 6.45) is 3.54. The molecule has 0 aliphatic carbocycles. The molecule has 0 saturated heterocycles. The highest BCUT2D eigenvalue weighted by Gasteiger charge is 2.13. The maximum atomic E-state index is 6.25. The van der Waals surface area contributed by atoms with Crippen molar-refractivity contribution in [1.82, 2.24) is 29.4 Å². The predicted molar refractivity (Wildman–Crippen MR) is 92.6 cm³/mol. The molecule has 0 radical (unpaired) electrons. The lowest BCUT2D eigenvalue weighted by molar-refractivity contribution is 0.653. The first-order chi connectivity index (χ1) is 11.6. The van der Waals surface area contributed by atoms with E-state index in [-0.39, 0.29) is 5.28 Å². The molecule has 4 aromatic rings. The fraction of sp³-hybridized carbons (Fsp3) is 0.0667. The van der Waals surface area contributed by atoms with E-state index in [4.69, 9.17) is 34.8 Å². The smallest absolute Gasteiger partial charge is 0.226 e. The number of hydrogen-bond acceptors (Lipinski definition) is 4. The van der Waals surface area contributed by atoms with Crippen molar-refractivity contribution < 1.29 is 0 Å². The van der Waals surface area contributed by atoms with Gasteiger partial charge in [0.05, 0.1) is 10.7 Å². The zero-order valence-corrected chi connectivity index (χ0v) is 14.3. The maximum Gasteiger partial charge on any atom is 0.226 e. The van der Waals surface area contributed by atoms with E-state index in [1.54, 1.807) is 35.1 Å².